The van der Waals surface area contributed by atoms with Crippen molar-refractivity contribution in [3.8, 4) is 0 Å². The molecular formula is C50H82O8. The first-order chi connectivity index (χ1) is 27.5. The number of rotatable bonds is 17. The van der Waals surface area contributed by atoms with Gasteiger partial charge in [0, 0.05) is 11.8 Å². The fourth-order valence-corrected chi connectivity index (χ4v) is 14.2. The molecule has 6 rings (SSSR count). The molecule has 58 heavy (non-hydrogen) atoms. The summed E-state index contributed by atoms with van der Waals surface area (Å²) in [4.78, 5) is 26.6. The number of fused-ring (bicyclic) bond motifs is 6. The van der Waals surface area contributed by atoms with Crippen LogP contribution in [0.25, 0.3) is 0 Å². The highest BCUT2D eigenvalue weighted by Gasteiger charge is 2.64. The maximum Gasteiger partial charge on any atom is 0.308 e. The summed E-state index contributed by atoms with van der Waals surface area (Å²) in [5.41, 5.74) is 0.555. The molecule has 8 nitrogen and oxygen atoms in total. The molecule has 0 aromatic rings. The predicted molar refractivity (Wildman–Crippen MR) is 228 cm³/mol. The first kappa shape index (κ1) is 45.8. The van der Waals surface area contributed by atoms with Crippen LogP contribution in [-0.2, 0) is 19.1 Å². The fourth-order valence-electron chi connectivity index (χ4n) is 14.2. The van der Waals surface area contributed by atoms with Crippen LogP contribution in [0.1, 0.15) is 177 Å². The first-order valence-electron chi connectivity index (χ1n) is 24.1. The summed E-state index contributed by atoms with van der Waals surface area (Å²) in [6, 6.07) is 0. The zero-order valence-corrected chi connectivity index (χ0v) is 37.4. The van der Waals surface area contributed by atoms with E-state index in [-0.39, 0.29) is 77.4 Å². The van der Waals surface area contributed by atoms with Gasteiger partial charge >= 0.3 is 11.9 Å². The third-order valence-electron chi connectivity index (χ3n) is 17.6. The molecule has 330 valence electrons. The lowest BCUT2D eigenvalue weighted by molar-refractivity contribution is -0.198. The Morgan fingerprint density at radius 2 is 1.66 bits per heavy atom. The van der Waals surface area contributed by atoms with Crippen LogP contribution in [0.5, 0.6) is 0 Å². The molecule has 0 spiro atoms. The lowest BCUT2D eigenvalue weighted by Gasteiger charge is -2.63. The maximum atomic E-state index is 13.7. The van der Waals surface area contributed by atoms with Crippen molar-refractivity contribution in [2.24, 2.45) is 64.1 Å². The van der Waals surface area contributed by atoms with Gasteiger partial charge in [0.2, 0.25) is 0 Å². The third-order valence-corrected chi connectivity index (χ3v) is 17.6. The fraction of sp³-hybridized carbons (Fsp3) is 0.880. The van der Waals surface area contributed by atoms with Gasteiger partial charge in [-0.2, -0.15) is 0 Å². The molecule has 0 bridgehead atoms. The Labute approximate surface area is 351 Å². The van der Waals surface area contributed by atoms with Gasteiger partial charge in [-0.05, 0) is 155 Å². The van der Waals surface area contributed by atoms with Gasteiger partial charge in [-0.3, -0.25) is 9.59 Å². The first-order valence-corrected chi connectivity index (χ1v) is 24.1. The van der Waals surface area contributed by atoms with Crippen LogP contribution in [-0.4, -0.2) is 68.5 Å². The van der Waals surface area contributed by atoms with E-state index in [0.717, 1.165) is 83.5 Å². The SMILES string of the molecule is CCCCCC[C@](C)(O)[C@H]1CCC2C3C[C@H](OC(=O)C[C@@H](O)C[C@H](O)CC[C@@H]4[C@@H]5C(=CCC[C@@H]5OC(=O)[C@@H](C)CC)C=C[C@@H]4C)[C@H]4C[C@@H](O)CC[C@]4(C)C3CC[C@@]21C. The number of hydrogen-bond acceptors (Lipinski definition) is 8. The van der Waals surface area contributed by atoms with Gasteiger partial charge in [-0.1, -0.05) is 85.5 Å². The van der Waals surface area contributed by atoms with Gasteiger partial charge in [0.05, 0.1) is 36.3 Å². The molecule has 0 radical (unpaired) electrons. The van der Waals surface area contributed by atoms with Crippen molar-refractivity contribution in [1.29, 1.82) is 0 Å². The second kappa shape index (κ2) is 19.1. The molecule has 8 heteroatoms. The smallest absolute Gasteiger partial charge is 0.308 e. The molecule has 3 unspecified atom stereocenters. The van der Waals surface area contributed by atoms with Crippen LogP contribution < -0.4 is 0 Å². The summed E-state index contributed by atoms with van der Waals surface area (Å²) in [5, 5.41) is 45.3. The topological polar surface area (TPSA) is 134 Å². The lowest BCUT2D eigenvalue weighted by Crippen LogP contribution is -2.59. The third kappa shape index (κ3) is 9.65. The minimum atomic E-state index is -1.02. The molecule has 0 heterocycles. The lowest BCUT2D eigenvalue weighted by atomic mass is 9.43. The Bertz CT molecular complexity index is 1450. The molecule has 6 aliphatic rings. The molecule has 4 fully saturated rings. The molecule has 0 aromatic carbocycles. The number of aliphatic hydroxyl groups is 4. The van der Waals surface area contributed by atoms with E-state index in [9.17, 15) is 30.0 Å². The Morgan fingerprint density at radius 1 is 0.914 bits per heavy atom. The molecule has 0 aromatic heterocycles. The van der Waals surface area contributed by atoms with Crippen molar-refractivity contribution in [1.82, 2.24) is 0 Å². The van der Waals surface area contributed by atoms with Crippen molar-refractivity contribution in [2.45, 2.75) is 213 Å². The zero-order valence-electron chi connectivity index (χ0n) is 37.4. The van der Waals surface area contributed by atoms with Crippen LogP contribution in [0.3, 0.4) is 0 Å². The van der Waals surface area contributed by atoms with E-state index in [0.29, 0.717) is 30.6 Å². The molecule has 4 N–H and O–H groups in total. The van der Waals surface area contributed by atoms with Gasteiger partial charge in [0.1, 0.15) is 12.2 Å². The maximum absolute atomic E-state index is 13.7. The van der Waals surface area contributed by atoms with Gasteiger partial charge in [0.15, 0.2) is 0 Å². The predicted octanol–water partition coefficient (Wildman–Crippen LogP) is 9.65. The van der Waals surface area contributed by atoms with Crippen LogP contribution >= 0.6 is 0 Å². The monoisotopic (exact) mass is 811 g/mol. The van der Waals surface area contributed by atoms with Crippen molar-refractivity contribution >= 4 is 11.9 Å². The van der Waals surface area contributed by atoms with E-state index < -0.39 is 29.9 Å². The van der Waals surface area contributed by atoms with Crippen LogP contribution in [0.4, 0.5) is 0 Å². The number of carbonyl (C=O) groups is 2. The standard InChI is InChI=1S/C50H82O8/c1-8-10-11-12-24-50(7,56)44-21-20-39-38-30-43(41-28-35(52)22-25-48(41,5)40(38)23-26-49(39,44)6)57-45(54)29-36(53)27-34(51)18-19-37-32(4)16-17-33-14-13-15-42(46(33)37)58-47(55)31(3)9-2/h14,16-17,31-32,34-44,46,51-53,56H,8-13,15,18-30H2,1-7H3/t31-,32-,34+,35-,36-,37-,38?,39?,40?,41+,42-,43-,44-,46-,48+,49-,50-/m0/s1. The summed E-state index contributed by atoms with van der Waals surface area (Å²) >= 11 is 0. The second-order valence-corrected chi connectivity index (χ2v) is 21.3. The quantitative estimate of drug-likeness (QED) is 0.0844. The van der Waals surface area contributed by atoms with E-state index in [4.69, 9.17) is 9.47 Å². The number of allylic oxidation sites excluding steroid dienone is 3. The average molecular weight is 811 g/mol. The highest BCUT2D eigenvalue weighted by molar-refractivity contribution is 5.72. The number of unbranched alkanes of at least 4 members (excludes halogenated alkanes) is 3. The molecule has 17 atom stereocenters. The van der Waals surface area contributed by atoms with Crippen molar-refractivity contribution in [3.63, 3.8) is 0 Å². The highest BCUT2D eigenvalue weighted by atomic mass is 16.5. The Balaban J connectivity index is 1.07. The number of hydrogen-bond donors (Lipinski definition) is 4. The Morgan fingerprint density at radius 3 is 2.40 bits per heavy atom. The van der Waals surface area contributed by atoms with Gasteiger partial charge < -0.3 is 29.9 Å². The zero-order chi connectivity index (χ0) is 42.0. The van der Waals surface area contributed by atoms with Gasteiger partial charge in [-0.15, -0.1) is 0 Å². The van der Waals surface area contributed by atoms with Gasteiger partial charge in [0.25, 0.3) is 0 Å². The molecule has 0 saturated heterocycles. The Kier molecular flexibility index (Phi) is 15.1. The van der Waals surface area contributed by atoms with Crippen molar-refractivity contribution in [3.05, 3.63) is 23.8 Å². The Hall–Kier alpha value is -1.74. The van der Waals surface area contributed by atoms with Crippen LogP contribution in [0.15, 0.2) is 23.8 Å². The minimum absolute atomic E-state index is 0.0333. The van der Waals surface area contributed by atoms with E-state index in [2.05, 4.69) is 52.8 Å². The van der Waals surface area contributed by atoms with E-state index in [1.165, 1.54) is 24.8 Å². The van der Waals surface area contributed by atoms with E-state index in [1.54, 1.807) is 0 Å². The van der Waals surface area contributed by atoms with Crippen LogP contribution in [0, 0.1) is 64.1 Å². The van der Waals surface area contributed by atoms with E-state index in [1.807, 2.05) is 13.8 Å². The summed E-state index contributed by atoms with van der Waals surface area (Å²) in [5.74, 6) is 1.58. The highest BCUT2D eigenvalue weighted by Crippen LogP contribution is 2.69. The normalized spacial score (nSPS) is 40.7. The second-order valence-electron chi connectivity index (χ2n) is 21.3. The average Bonchev–Trinajstić information content (AvgIpc) is 3.55. The largest absolute Gasteiger partial charge is 0.462 e. The summed E-state index contributed by atoms with van der Waals surface area (Å²) < 4.78 is 12.5. The minimum Gasteiger partial charge on any atom is -0.462 e. The summed E-state index contributed by atoms with van der Waals surface area (Å²) in [6.45, 7) is 15.3. The summed E-state index contributed by atoms with van der Waals surface area (Å²) in [6.07, 6.45) is 20.6. The van der Waals surface area contributed by atoms with E-state index >= 15 is 0 Å². The number of ether oxygens (including phenoxy) is 2. The number of aliphatic hydroxyl groups excluding tert-OH is 3. The molecule has 6 aliphatic carbocycles. The summed E-state index contributed by atoms with van der Waals surface area (Å²) in [7, 11) is 0. The van der Waals surface area contributed by atoms with Gasteiger partial charge in [-0.25, -0.2) is 0 Å². The number of esters is 2. The molecule has 4 saturated carbocycles. The number of carbonyl (C=O) groups excluding carboxylic acids is 2. The van der Waals surface area contributed by atoms with Crippen molar-refractivity contribution in [2.75, 3.05) is 0 Å². The molecular weight excluding hydrogens is 729 g/mol. The molecule has 0 aliphatic heterocycles. The van der Waals surface area contributed by atoms with Crippen molar-refractivity contribution < 1.29 is 39.5 Å². The molecule has 0 amide bonds. The van der Waals surface area contributed by atoms with Crippen LogP contribution in [0.2, 0.25) is 0 Å².